The molecule has 2 aromatic rings. The van der Waals surface area contributed by atoms with Crippen molar-refractivity contribution in [2.24, 2.45) is 0 Å². The average Bonchev–Trinajstić information content (AvgIpc) is 3.28. The van der Waals surface area contributed by atoms with Gasteiger partial charge in [-0.15, -0.1) is 0 Å². The monoisotopic (exact) mass is 367 g/mol. The number of carbonyl (C=O) groups excluding carboxylic acids is 1. The van der Waals surface area contributed by atoms with E-state index in [2.05, 4.69) is 36.1 Å². The predicted molar refractivity (Wildman–Crippen MR) is 104 cm³/mol. The first-order chi connectivity index (χ1) is 13.3. The largest absolute Gasteiger partial charge is 0.357 e. The van der Waals surface area contributed by atoms with Gasteiger partial charge < -0.3 is 20.0 Å². The van der Waals surface area contributed by atoms with Gasteiger partial charge in [0.05, 0.1) is 6.20 Å². The fourth-order valence-corrected chi connectivity index (χ4v) is 3.57. The molecule has 0 atom stereocenters. The molecule has 2 amide bonds. The van der Waals surface area contributed by atoms with Crippen molar-refractivity contribution in [3.8, 4) is 0 Å². The van der Waals surface area contributed by atoms with Crippen LogP contribution >= 0.6 is 0 Å². The van der Waals surface area contributed by atoms with Crippen LogP contribution in [-0.2, 0) is 6.54 Å². The summed E-state index contributed by atoms with van der Waals surface area (Å²) in [6.07, 6.45) is 9.40. The van der Waals surface area contributed by atoms with Crippen LogP contribution in [0.15, 0.2) is 36.9 Å². The summed E-state index contributed by atoms with van der Waals surface area (Å²) >= 11 is 0. The molecular formula is C19H25N7O. The van der Waals surface area contributed by atoms with E-state index in [4.69, 9.17) is 0 Å². The molecule has 0 aliphatic carbocycles. The number of aromatic nitrogens is 3. The number of amides is 2. The van der Waals surface area contributed by atoms with Gasteiger partial charge in [-0.05, 0) is 30.5 Å². The van der Waals surface area contributed by atoms with Crippen LogP contribution in [0, 0.1) is 0 Å². The summed E-state index contributed by atoms with van der Waals surface area (Å²) in [4.78, 5) is 31.7. The lowest BCUT2D eigenvalue weighted by atomic mass is 10.2. The minimum atomic E-state index is -0.0201. The zero-order valence-electron chi connectivity index (χ0n) is 15.4. The van der Waals surface area contributed by atoms with Gasteiger partial charge in [-0.2, -0.15) is 0 Å². The smallest absolute Gasteiger partial charge is 0.317 e. The maximum absolute atomic E-state index is 12.5. The SMILES string of the molecule is O=C(NCc1ccnc(N2CCCC2)c1)N1CCN(c2cnccn2)CC1. The second-order valence-corrected chi connectivity index (χ2v) is 6.91. The number of nitrogens with zero attached hydrogens (tertiary/aromatic N) is 6. The molecule has 1 N–H and O–H groups in total. The van der Waals surface area contributed by atoms with Crippen LogP contribution in [0.4, 0.5) is 16.4 Å². The lowest BCUT2D eigenvalue weighted by molar-refractivity contribution is 0.194. The van der Waals surface area contributed by atoms with E-state index in [1.54, 1.807) is 18.6 Å². The molecule has 8 nitrogen and oxygen atoms in total. The number of rotatable bonds is 4. The number of hydrogen-bond acceptors (Lipinski definition) is 6. The molecule has 2 aromatic heterocycles. The molecule has 27 heavy (non-hydrogen) atoms. The third-order valence-electron chi connectivity index (χ3n) is 5.12. The Kier molecular flexibility index (Phi) is 5.32. The molecule has 2 aliphatic rings. The highest BCUT2D eigenvalue weighted by molar-refractivity contribution is 5.74. The second kappa shape index (κ2) is 8.20. The molecule has 0 spiro atoms. The van der Waals surface area contributed by atoms with Crippen molar-refractivity contribution < 1.29 is 4.79 Å². The van der Waals surface area contributed by atoms with E-state index >= 15 is 0 Å². The van der Waals surface area contributed by atoms with Crippen molar-refractivity contribution in [1.29, 1.82) is 0 Å². The molecule has 8 heteroatoms. The molecular weight excluding hydrogens is 342 g/mol. The quantitative estimate of drug-likeness (QED) is 0.883. The van der Waals surface area contributed by atoms with Crippen LogP contribution in [0.1, 0.15) is 18.4 Å². The molecule has 2 aliphatic heterocycles. The maximum Gasteiger partial charge on any atom is 0.317 e. The summed E-state index contributed by atoms with van der Waals surface area (Å²) in [7, 11) is 0. The predicted octanol–water partition coefficient (Wildman–Crippen LogP) is 1.50. The van der Waals surface area contributed by atoms with Crippen LogP contribution in [0.3, 0.4) is 0 Å². The van der Waals surface area contributed by atoms with Gasteiger partial charge in [0.25, 0.3) is 0 Å². The zero-order valence-corrected chi connectivity index (χ0v) is 15.4. The van der Waals surface area contributed by atoms with Gasteiger partial charge in [0.15, 0.2) is 0 Å². The van der Waals surface area contributed by atoms with E-state index in [1.807, 2.05) is 17.2 Å². The summed E-state index contributed by atoms with van der Waals surface area (Å²) in [6.45, 7) is 5.54. The van der Waals surface area contributed by atoms with E-state index in [9.17, 15) is 4.79 Å². The van der Waals surface area contributed by atoms with Crippen LogP contribution in [-0.4, -0.2) is 65.2 Å². The van der Waals surface area contributed by atoms with Gasteiger partial charge in [-0.3, -0.25) is 4.98 Å². The van der Waals surface area contributed by atoms with E-state index in [0.29, 0.717) is 19.6 Å². The van der Waals surface area contributed by atoms with Gasteiger partial charge in [-0.25, -0.2) is 14.8 Å². The molecule has 0 saturated carbocycles. The molecule has 0 bridgehead atoms. The van der Waals surface area contributed by atoms with Crippen molar-refractivity contribution in [3.05, 3.63) is 42.5 Å². The van der Waals surface area contributed by atoms with Crippen LogP contribution in [0.25, 0.3) is 0 Å². The van der Waals surface area contributed by atoms with Gasteiger partial charge >= 0.3 is 6.03 Å². The van der Waals surface area contributed by atoms with Crippen molar-refractivity contribution >= 4 is 17.7 Å². The third-order valence-corrected chi connectivity index (χ3v) is 5.12. The van der Waals surface area contributed by atoms with Crippen LogP contribution < -0.4 is 15.1 Å². The Bertz CT molecular complexity index is 756. The van der Waals surface area contributed by atoms with Gasteiger partial charge in [0, 0.05) is 64.4 Å². The Balaban J connectivity index is 1.27. The molecule has 2 saturated heterocycles. The Hall–Kier alpha value is -2.90. The fraction of sp³-hybridized carbons (Fsp3) is 0.474. The zero-order chi connectivity index (χ0) is 18.5. The van der Waals surface area contributed by atoms with Gasteiger partial charge in [0.1, 0.15) is 11.6 Å². The fourth-order valence-electron chi connectivity index (χ4n) is 3.57. The highest BCUT2D eigenvalue weighted by atomic mass is 16.2. The number of carbonyl (C=O) groups is 1. The Morgan fingerprint density at radius 1 is 0.926 bits per heavy atom. The van der Waals surface area contributed by atoms with Gasteiger partial charge in [0.2, 0.25) is 0 Å². The van der Waals surface area contributed by atoms with Crippen molar-refractivity contribution in [1.82, 2.24) is 25.2 Å². The summed E-state index contributed by atoms with van der Waals surface area (Å²) in [5, 5.41) is 3.04. The van der Waals surface area contributed by atoms with E-state index in [0.717, 1.165) is 43.4 Å². The summed E-state index contributed by atoms with van der Waals surface area (Å²) in [5.41, 5.74) is 1.08. The first-order valence-electron chi connectivity index (χ1n) is 9.53. The molecule has 4 rings (SSSR count). The molecule has 2 fully saturated rings. The van der Waals surface area contributed by atoms with Crippen LogP contribution in [0.5, 0.6) is 0 Å². The Morgan fingerprint density at radius 3 is 2.41 bits per heavy atom. The van der Waals surface area contributed by atoms with E-state index in [-0.39, 0.29) is 6.03 Å². The molecule has 0 radical (unpaired) electrons. The number of hydrogen-bond donors (Lipinski definition) is 1. The van der Waals surface area contributed by atoms with Crippen LogP contribution in [0.2, 0.25) is 0 Å². The molecule has 142 valence electrons. The Morgan fingerprint density at radius 2 is 1.67 bits per heavy atom. The first kappa shape index (κ1) is 17.5. The Labute approximate surface area is 159 Å². The highest BCUT2D eigenvalue weighted by Gasteiger charge is 2.22. The normalized spacial score (nSPS) is 17.3. The molecule has 0 aromatic carbocycles. The lowest BCUT2D eigenvalue weighted by Crippen LogP contribution is -2.51. The topological polar surface area (TPSA) is 77.5 Å². The molecule has 0 unspecified atom stereocenters. The van der Waals surface area contributed by atoms with E-state index in [1.165, 1.54) is 12.8 Å². The number of piperazine rings is 1. The highest BCUT2D eigenvalue weighted by Crippen LogP contribution is 2.18. The first-order valence-corrected chi connectivity index (χ1v) is 9.53. The lowest BCUT2D eigenvalue weighted by Gasteiger charge is -2.35. The van der Waals surface area contributed by atoms with Crippen molar-refractivity contribution in [2.45, 2.75) is 19.4 Å². The summed E-state index contributed by atoms with van der Waals surface area (Å²) in [6, 6.07) is 4.03. The van der Waals surface area contributed by atoms with Gasteiger partial charge in [-0.1, -0.05) is 0 Å². The van der Waals surface area contributed by atoms with Crippen molar-refractivity contribution in [3.63, 3.8) is 0 Å². The number of anilines is 2. The number of urea groups is 1. The minimum absolute atomic E-state index is 0.0201. The summed E-state index contributed by atoms with van der Waals surface area (Å²) < 4.78 is 0. The van der Waals surface area contributed by atoms with Crippen molar-refractivity contribution in [2.75, 3.05) is 49.1 Å². The second-order valence-electron chi connectivity index (χ2n) is 6.91. The minimum Gasteiger partial charge on any atom is -0.357 e. The van der Waals surface area contributed by atoms with E-state index < -0.39 is 0 Å². The standard InChI is InChI=1S/C19H25N7O/c27-19(26-11-9-25(10-12-26)18-15-20-5-6-22-18)23-14-16-3-4-21-17(13-16)24-7-1-2-8-24/h3-6,13,15H,1-2,7-12,14H2,(H,23,27). The number of pyridine rings is 1. The molecule has 4 heterocycles. The average molecular weight is 367 g/mol. The number of nitrogens with one attached hydrogen (secondary N) is 1. The third kappa shape index (κ3) is 4.27. The summed E-state index contributed by atoms with van der Waals surface area (Å²) in [5.74, 6) is 1.88. The maximum atomic E-state index is 12.5.